The van der Waals surface area contributed by atoms with Gasteiger partial charge in [-0.2, -0.15) is 13.2 Å². The van der Waals surface area contributed by atoms with Crippen LogP contribution in [0.15, 0.2) is 36.4 Å². The number of nitrogens with zero attached hydrogens (tertiary/aromatic N) is 1. The average molecular weight is 486 g/mol. The van der Waals surface area contributed by atoms with Crippen LogP contribution in [0.2, 0.25) is 5.02 Å². The van der Waals surface area contributed by atoms with Crippen LogP contribution in [0.5, 0.6) is 5.75 Å². The van der Waals surface area contributed by atoms with Crippen molar-refractivity contribution in [2.45, 2.75) is 25.2 Å². The molecule has 11 heteroatoms. The number of amides is 2. The van der Waals surface area contributed by atoms with Gasteiger partial charge in [-0.3, -0.25) is 4.79 Å². The van der Waals surface area contributed by atoms with Crippen LogP contribution < -0.4 is 15.4 Å². The summed E-state index contributed by atoms with van der Waals surface area (Å²) in [4.78, 5) is 26.0. The van der Waals surface area contributed by atoms with Crippen molar-refractivity contribution in [3.63, 3.8) is 0 Å². The van der Waals surface area contributed by atoms with Crippen molar-refractivity contribution in [3.05, 3.63) is 58.1 Å². The molecule has 178 valence electrons. The maximum absolute atomic E-state index is 13.3. The summed E-state index contributed by atoms with van der Waals surface area (Å²) in [6.07, 6.45) is -4.53. The van der Waals surface area contributed by atoms with Crippen molar-refractivity contribution >= 4 is 29.3 Å². The molecule has 1 atom stereocenters. The number of rotatable bonds is 6. The molecular weight excluding hydrogens is 463 g/mol. The van der Waals surface area contributed by atoms with Gasteiger partial charge in [0.2, 0.25) is 0 Å². The zero-order valence-electron chi connectivity index (χ0n) is 18.0. The lowest BCUT2D eigenvalue weighted by molar-refractivity contribution is -0.137. The molecule has 0 aliphatic carbocycles. The summed E-state index contributed by atoms with van der Waals surface area (Å²) in [6.45, 7) is 0.793. The van der Waals surface area contributed by atoms with E-state index < -0.39 is 23.7 Å². The number of alkyl halides is 3. The van der Waals surface area contributed by atoms with Crippen LogP contribution in [-0.4, -0.2) is 50.3 Å². The molecule has 2 aromatic carbocycles. The van der Waals surface area contributed by atoms with Gasteiger partial charge in [-0.1, -0.05) is 17.7 Å². The Kier molecular flexibility index (Phi) is 7.57. The van der Waals surface area contributed by atoms with Gasteiger partial charge < -0.3 is 25.0 Å². The molecule has 0 unspecified atom stereocenters. The minimum atomic E-state index is -4.61. The quantitative estimate of drug-likeness (QED) is 0.627. The summed E-state index contributed by atoms with van der Waals surface area (Å²) in [7, 11) is 2.75. The van der Waals surface area contributed by atoms with Crippen molar-refractivity contribution < 1.29 is 32.2 Å². The zero-order chi connectivity index (χ0) is 24.2. The molecule has 2 aromatic rings. The Morgan fingerprint density at radius 2 is 1.94 bits per heavy atom. The van der Waals surface area contributed by atoms with E-state index in [2.05, 4.69) is 10.6 Å². The van der Waals surface area contributed by atoms with Gasteiger partial charge in [-0.25, -0.2) is 4.79 Å². The van der Waals surface area contributed by atoms with Crippen LogP contribution in [0.4, 0.5) is 23.7 Å². The molecule has 33 heavy (non-hydrogen) atoms. The minimum absolute atomic E-state index is 0.0534. The van der Waals surface area contributed by atoms with Crippen LogP contribution in [0.25, 0.3) is 0 Å². The van der Waals surface area contributed by atoms with Crippen molar-refractivity contribution in [2.75, 3.05) is 32.6 Å². The van der Waals surface area contributed by atoms with Gasteiger partial charge in [0, 0.05) is 31.4 Å². The lowest BCUT2D eigenvalue weighted by Gasteiger charge is -2.19. The van der Waals surface area contributed by atoms with Gasteiger partial charge >= 0.3 is 12.3 Å². The first kappa shape index (κ1) is 24.5. The normalized spacial score (nSPS) is 15.8. The number of methoxy groups -OCH3 is 2. The fourth-order valence-corrected chi connectivity index (χ4v) is 3.80. The number of ether oxygens (including phenoxy) is 2. The summed E-state index contributed by atoms with van der Waals surface area (Å²) in [6, 6.07) is 7.63. The smallest absolute Gasteiger partial charge is 0.416 e. The van der Waals surface area contributed by atoms with Crippen LogP contribution >= 0.6 is 11.6 Å². The summed E-state index contributed by atoms with van der Waals surface area (Å²) >= 11 is 6.09. The molecule has 7 nitrogen and oxygen atoms in total. The summed E-state index contributed by atoms with van der Waals surface area (Å²) in [5.41, 5.74) is -0.195. The summed E-state index contributed by atoms with van der Waals surface area (Å²) < 4.78 is 49.6. The highest BCUT2D eigenvalue weighted by atomic mass is 35.5. The molecule has 2 amide bonds. The molecule has 0 spiro atoms. The highest BCUT2D eigenvalue weighted by Gasteiger charge is 2.33. The fourth-order valence-electron chi connectivity index (χ4n) is 3.52. The van der Waals surface area contributed by atoms with E-state index in [0.717, 1.165) is 12.1 Å². The number of hydrogen-bond donors (Lipinski definition) is 2. The second-order valence-electron chi connectivity index (χ2n) is 7.46. The third-order valence-electron chi connectivity index (χ3n) is 5.24. The van der Waals surface area contributed by atoms with Crippen LogP contribution in [0, 0.1) is 0 Å². The van der Waals surface area contributed by atoms with E-state index >= 15 is 0 Å². The second kappa shape index (κ2) is 10.2. The Hall–Kier alpha value is -3.14. The van der Waals surface area contributed by atoms with Crippen molar-refractivity contribution in [2.24, 2.45) is 0 Å². The van der Waals surface area contributed by atoms with E-state index in [0.29, 0.717) is 35.8 Å². The van der Waals surface area contributed by atoms with Crippen LogP contribution in [-0.2, 0) is 17.5 Å². The predicted molar refractivity (Wildman–Crippen MR) is 117 cm³/mol. The molecule has 1 aliphatic rings. The molecule has 1 heterocycles. The maximum atomic E-state index is 13.3. The number of hydrogen-bond acceptors (Lipinski definition) is 5. The topological polar surface area (TPSA) is 79.9 Å². The number of carbonyl (C=O) groups excluding carboxylic acids is 2. The van der Waals surface area contributed by atoms with E-state index in [1.165, 1.54) is 25.2 Å². The Bertz CT molecular complexity index is 1030. The largest absolute Gasteiger partial charge is 0.495 e. The lowest BCUT2D eigenvalue weighted by Crippen LogP contribution is -2.32. The van der Waals surface area contributed by atoms with Gasteiger partial charge in [0.25, 0.3) is 5.91 Å². The second-order valence-corrected chi connectivity index (χ2v) is 7.86. The number of anilines is 1. The summed E-state index contributed by atoms with van der Waals surface area (Å²) in [5, 5.41) is 6.06. The molecule has 1 fully saturated rings. The van der Waals surface area contributed by atoms with Gasteiger partial charge in [0.1, 0.15) is 5.75 Å². The Balaban J connectivity index is 1.78. The third kappa shape index (κ3) is 6.01. The van der Waals surface area contributed by atoms with Crippen LogP contribution in [0.3, 0.4) is 0 Å². The summed E-state index contributed by atoms with van der Waals surface area (Å²) in [5.74, 6) is -0.216. The monoisotopic (exact) mass is 485 g/mol. The van der Waals surface area contributed by atoms with E-state index in [1.54, 1.807) is 18.2 Å². The molecule has 0 radical (unpaired) electrons. The number of nitrogens with one attached hydrogen (secondary N) is 2. The van der Waals surface area contributed by atoms with Gasteiger partial charge in [-0.05, 0) is 42.3 Å². The highest BCUT2D eigenvalue weighted by Crippen LogP contribution is 2.32. The van der Waals surface area contributed by atoms with Crippen molar-refractivity contribution in [1.29, 1.82) is 0 Å². The first-order chi connectivity index (χ1) is 15.6. The number of carbonyl (C=O) groups is 2. The number of likely N-dealkylation sites (tertiary alicyclic amines) is 1. The van der Waals surface area contributed by atoms with E-state index in [-0.39, 0.29) is 23.8 Å². The molecule has 3 rings (SSSR count). The number of benzene rings is 2. The van der Waals surface area contributed by atoms with E-state index in [4.69, 9.17) is 21.1 Å². The highest BCUT2D eigenvalue weighted by molar-refractivity contribution is 6.32. The Morgan fingerprint density at radius 1 is 1.18 bits per heavy atom. The van der Waals surface area contributed by atoms with Crippen molar-refractivity contribution in [3.8, 4) is 5.75 Å². The maximum Gasteiger partial charge on any atom is 0.416 e. The van der Waals surface area contributed by atoms with E-state index in [9.17, 15) is 22.8 Å². The Morgan fingerprint density at radius 3 is 2.58 bits per heavy atom. The molecule has 0 aromatic heterocycles. The first-order valence-corrected chi connectivity index (χ1v) is 10.4. The Labute approximate surface area is 193 Å². The molecule has 2 N–H and O–H groups in total. The van der Waals surface area contributed by atoms with Gasteiger partial charge in [0.05, 0.1) is 30.4 Å². The van der Waals surface area contributed by atoms with E-state index in [1.807, 2.05) is 0 Å². The molecule has 0 bridgehead atoms. The fraction of sp³-hybridized carbons (Fsp3) is 0.364. The zero-order valence-corrected chi connectivity index (χ0v) is 18.7. The van der Waals surface area contributed by atoms with Gasteiger partial charge in [-0.15, -0.1) is 0 Å². The standard InChI is InChI=1S/C22H23ClF3N3O4/c1-32-19-6-3-13(9-17(19)23)11-27-20(30)16-10-14(22(24,25)26)4-5-18(16)28-15-7-8-29(12-15)21(31)33-2/h3-6,9-10,15,28H,7-8,11-12H2,1-2H3,(H,27,30)/t15-/m1/s1. The van der Waals surface area contributed by atoms with Crippen LogP contribution in [0.1, 0.15) is 27.9 Å². The number of halogens is 4. The first-order valence-electron chi connectivity index (χ1n) is 10.0. The SMILES string of the molecule is COC(=O)N1CC[C@@H](Nc2ccc(C(F)(F)F)cc2C(=O)NCc2ccc(OC)c(Cl)c2)C1. The molecule has 0 saturated carbocycles. The molecule has 1 aliphatic heterocycles. The van der Waals surface area contributed by atoms with Crippen molar-refractivity contribution in [1.82, 2.24) is 10.2 Å². The predicted octanol–water partition coefficient (Wildman–Crippen LogP) is 4.55. The van der Waals surface area contributed by atoms with Gasteiger partial charge in [0.15, 0.2) is 0 Å². The molecular formula is C22H23ClF3N3O4. The molecule has 1 saturated heterocycles. The third-order valence-corrected chi connectivity index (χ3v) is 5.54. The minimum Gasteiger partial charge on any atom is -0.495 e. The lowest BCUT2D eigenvalue weighted by atomic mass is 10.1. The average Bonchev–Trinajstić information content (AvgIpc) is 3.25.